The van der Waals surface area contributed by atoms with E-state index in [1.807, 2.05) is 76.2 Å². The number of amides is 1. The summed E-state index contributed by atoms with van der Waals surface area (Å²) in [5, 5.41) is 14.3. The predicted molar refractivity (Wildman–Crippen MR) is 156 cm³/mol. The Hall–Kier alpha value is -3.40. The molecule has 0 saturated heterocycles. The second-order valence-electron chi connectivity index (χ2n) is 10.3. The van der Waals surface area contributed by atoms with Crippen molar-refractivity contribution in [2.75, 3.05) is 26.8 Å². The van der Waals surface area contributed by atoms with Gasteiger partial charge in [0.15, 0.2) is 6.61 Å². The first kappa shape index (κ1) is 31.1. The van der Waals surface area contributed by atoms with Crippen molar-refractivity contribution in [3.8, 4) is 11.5 Å². The molecule has 9 heteroatoms. The summed E-state index contributed by atoms with van der Waals surface area (Å²) in [6, 6.07) is 20.6. The van der Waals surface area contributed by atoms with E-state index in [-0.39, 0.29) is 30.5 Å². The minimum atomic E-state index is -3.93. The molecule has 8 nitrogen and oxygen atoms in total. The van der Waals surface area contributed by atoms with Crippen LogP contribution in [0.25, 0.3) is 0 Å². The molecule has 0 fully saturated rings. The summed E-state index contributed by atoms with van der Waals surface area (Å²) in [5.41, 5.74) is 2.74. The topological polar surface area (TPSA) is 105 Å². The molecule has 0 saturated carbocycles. The highest BCUT2D eigenvalue weighted by atomic mass is 32.2. The van der Waals surface area contributed by atoms with Gasteiger partial charge in [0.1, 0.15) is 11.5 Å². The highest BCUT2D eigenvalue weighted by Gasteiger charge is 2.31. The molecule has 2 N–H and O–H groups in total. The minimum absolute atomic E-state index is 0.00754. The highest BCUT2D eigenvalue weighted by Crippen LogP contribution is 2.23. The van der Waals surface area contributed by atoms with Gasteiger partial charge in [0.25, 0.3) is 5.91 Å². The monoisotopic (exact) mass is 568 g/mol. The number of hydrogen-bond donors (Lipinski definition) is 2. The number of para-hydroxylation sites is 1. The van der Waals surface area contributed by atoms with Crippen molar-refractivity contribution in [2.45, 2.75) is 51.2 Å². The van der Waals surface area contributed by atoms with E-state index in [9.17, 15) is 18.3 Å². The largest absolute Gasteiger partial charge is 0.497 e. The third kappa shape index (κ3) is 8.55. The van der Waals surface area contributed by atoms with Gasteiger partial charge in [-0.1, -0.05) is 62.4 Å². The number of sulfonamides is 1. The van der Waals surface area contributed by atoms with Gasteiger partial charge in [-0.3, -0.25) is 4.79 Å². The SMILES string of the molecule is COc1ccc(S(=O)(=O)N(CC(C)C)C[C@@H](O)[C@H](Cc2ccccc2)NC(=O)COc2c(C)cccc2C)cc1. The maximum Gasteiger partial charge on any atom is 0.258 e. The minimum Gasteiger partial charge on any atom is -0.497 e. The number of rotatable bonds is 14. The lowest BCUT2D eigenvalue weighted by atomic mass is 10.0. The van der Waals surface area contributed by atoms with Crippen molar-refractivity contribution in [3.63, 3.8) is 0 Å². The number of ether oxygens (including phenoxy) is 2. The van der Waals surface area contributed by atoms with Gasteiger partial charge in [-0.2, -0.15) is 4.31 Å². The number of carbonyl (C=O) groups is 1. The molecular weight excluding hydrogens is 528 g/mol. The van der Waals surface area contributed by atoms with E-state index in [1.54, 1.807) is 12.1 Å². The second-order valence-corrected chi connectivity index (χ2v) is 12.3. The number of methoxy groups -OCH3 is 1. The van der Waals surface area contributed by atoms with Crippen molar-refractivity contribution >= 4 is 15.9 Å². The molecule has 0 bridgehead atoms. The Morgan fingerprint density at radius 2 is 1.55 bits per heavy atom. The number of hydrogen-bond acceptors (Lipinski definition) is 6. The summed E-state index contributed by atoms with van der Waals surface area (Å²) in [6.45, 7) is 7.43. The van der Waals surface area contributed by atoms with Gasteiger partial charge in [0, 0.05) is 13.1 Å². The molecule has 0 radical (unpaired) electrons. The van der Waals surface area contributed by atoms with Crippen LogP contribution in [0.2, 0.25) is 0 Å². The molecule has 3 rings (SSSR count). The molecule has 2 atom stereocenters. The Kier molecular flexibility index (Phi) is 11.1. The fraction of sp³-hybridized carbons (Fsp3) is 0.387. The fourth-order valence-electron chi connectivity index (χ4n) is 4.47. The average molecular weight is 569 g/mol. The van der Waals surface area contributed by atoms with Crippen LogP contribution in [0, 0.1) is 19.8 Å². The van der Waals surface area contributed by atoms with Gasteiger partial charge >= 0.3 is 0 Å². The summed E-state index contributed by atoms with van der Waals surface area (Å²) in [7, 11) is -2.41. The molecule has 40 heavy (non-hydrogen) atoms. The molecule has 216 valence electrons. The Morgan fingerprint density at radius 3 is 2.12 bits per heavy atom. The first-order valence-electron chi connectivity index (χ1n) is 13.4. The van der Waals surface area contributed by atoms with Crippen LogP contribution in [-0.4, -0.2) is 62.7 Å². The average Bonchev–Trinajstić information content (AvgIpc) is 2.92. The summed E-state index contributed by atoms with van der Waals surface area (Å²) in [6.07, 6.45) is -0.869. The second kappa shape index (κ2) is 14.3. The first-order valence-corrected chi connectivity index (χ1v) is 14.8. The molecule has 0 spiro atoms. The van der Waals surface area contributed by atoms with Crippen LogP contribution in [0.15, 0.2) is 77.7 Å². The maximum absolute atomic E-state index is 13.6. The van der Waals surface area contributed by atoms with Crippen LogP contribution in [0.3, 0.4) is 0 Å². The molecule has 0 aliphatic rings. The van der Waals surface area contributed by atoms with E-state index in [0.29, 0.717) is 17.9 Å². The zero-order valence-corrected chi connectivity index (χ0v) is 24.6. The lowest BCUT2D eigenvalue weighted by Crippen LogP contribution is -2.52. The Morgan fingerprint density at radius 1 is 0.925 bits per heavy atom. The van der Waals surface area contributed by atoms with Gasteiger partial charge < -0.3 is 19.9 Å². The third-order valence-corrected chi connectivity index (χ3v) is 8.37. The van der Waals surface area contributed by atoms with E-state index in [1.165, 1.54) is 23.5 Å². The van der Waals surface area contributed by atoms with E-state index in [0.717, 1.165) is 16.7 Å². The fourth-order valence-corrected chi connectivity index (χ4v) is 6.10. The van der Waals surface area contributed by atoms with E-state index < -0.39 is 28.1 Å². The molecule has 0 heterocycles. The van der Waals surface area contributed by atoms with Gasteiger partial charge in [0.05, 0.1) is 24.2 Å². The lowest BCUT2D eigenvalue weighted by Gasteiger charge is -2.31. The number of nitrogens with one attached hydrogen (secondary N) is 1. The zero-order chi connectivity index (χ0) is 29.3. The van der Waals surface area contributed by atoms with Crippen LogP contribution in [0.4, 0.5) is 0 Å². The first-order chi connectivity index (χ1) is 19.0. The van der Waals surface area contributed by atoms with Gasteiger partial charge in [-0.25, -0.2) is 8.42 Å². The lowest BCUT2D eigenvalue weighted by molar-refractivity contribution is -0.124. The van der Waals surface area contributed by atoms with Gasteiger partial charge in [-0.05, 0) is 67.1 Å². The number of carbonyl (C=O) groups excluding carboxylic acids is 1. The van der Waals surface area contributed by atoms with Crippen LogP contribution < -0.4 is 14.8 Å². The van der Waals surface area contributed by atoms with E-state index in [2.05, 4.69) is 5.32 Å². The third-order valence-electron chi connectivity index (χ3n) is 6.52. The zero-order valence-electron chi connectivity index (χ0n) is 23.8. The number of aliphatic hydroxyl groups is 1. The van der Waals surface area contributed by atoms with Crippen molar-refractivity contribution in [2.24, 2.45) is 5.92 Å². The molecule has 0 aliphatic carbocycles. The molecule has 1 amide bonds. The summed E-state index contributed by atoms with van der Waals surface area (Å²) >= 11 is 0. The predicted octanol–water partition coefficient (Wildman–Crippen LogP) is 4.13. The number of aliphatic hydroxyl groups excluding tert-OH is 1. The normalized spacial score (nSPS) is 13.2. The maximum atomic E-state index is 13.6. The molecule has 3 aromatic rings. The van der Waals surface area contributed by atoms with E-state index in [4.69, 9.17) is 9.47 Å². The molecule has 0 aliphatic heterocycles. The number of nitrogens with zero attached hydrogens (tertiary/aromatic N) is 1. The number of aryl methyl sites for hydroxylation is 2. The van der Waals surface area contributed by atoms with E-state index >= 15 is 0 Å². The standard InChI is InChI=1S/C31H40N2O6S/c1-22(2)19-33(40(36,37)27-16-14-26(38-5)15-17-27)20-29(34)28(18-25-12-7-6-8-13-25)32-30(35)21-39-31-23(3)10-9-11-24(31)4/h6-17,22,28-29,34H,18-21H2,1-5H3,(H,32,35)/t28-,29+/m0/s1. The Balaban J connectivity index is 1.81. The van der Waals surface area contributed by atoms with Crippen LogP contribution in [-0.2, 0) is 21.2 Å². The molecular formula is C31H40N2O6S. The summed E-state index contributed by atoms with van der Waals surface area (Å²) < 4.78 is 39.4. The molecule has 0 aromatic heterocycles. The van der Waals surface area contributed by atoms with Crippen molar-refractivity contribution < 1.29 is 27.8 Å². The highest BCUT2D eigenvalue weighted by molar-refractivity contribution is 7.89. The smallest absolute Gasteiger partial charge is 0.258 e. The summed E-state index contributed by atoms with van der Waals surface area (Å²) in [4.78, 5) is 13.1. The van der Waals surface area contributed by atoms with Crippen molar-refractivity contribution in [3.05, 3.63) is 89.5 Å². The van der Waals surface area contributed by atoms with Crippen molar-refractivity contribution in [1.82, 2.24) is 9.62 Å². The molecule has 0 unspecified atom stereocenters. The quantitative estimate of drug-likeness (QED) is 0.303. The van der Waals surface area contributed by atoms with Crippen LogP contribution >= 0.6 is 0 Å². The van der Waals surface area contributed by atoms with Gasteiger partial charge in [-0.15, -0.1) is 0 Å². The van der Waals surface area contributed by atoms with Crippen molar-refractivity contribution in [1.29, 1.82) is 0 Å². The van der Waals surface area contributed by atoms with Gasteiger partial charge in [0.2, 0.25) is 10.0 Å². The Labute approximate surface area is 238 Å². The van der Waals surface area contributed by atoms with Crippen LogP contribution in [0.5, 0.6) is 11.5 Å². The number of benzene rings is 3. The molecule has 3 aromatic carbocycles. The Bertz CT molecular complexity index is 1320. The summed E-state index contributed by atoms with van der Waals surface area (Å²) in [5.74, 6) is 0.791. The van der Waals surface area contributed by atoms with Crippen LogP contribution in [0.1, 0.15) is 30.5 Å².